The standard InChI is InChI=1S/C19H25N3OS/c1-14(2)22(4)13-20-17-10-11-19(21-15(17)3)23-12-16-8-6-7-9-18(16)24-5/h6-11,13-14H,12H2,1-5H3. The molecule has 0 atom stereocenters. The van der Waals surface area contributed by atoms with E-state index in [-0.39, 0.29) is 0 Å². The molecule has 128 valence electrons. The molecule has 1 aromatic carbocycles. The van der Waals surface area contributed by atoms with Crippen LogP contribution in [-0.2, 0) is 6.61 Å². The number of rotatable bonds is 7. The van der Waals surface area contributed by atoms with E-state index in [0.717, 1.165) is 11.4 Å². The first-order valence-corrected chi connectivity index (χ1v) is 9.22. The minimum Gasteiger partial charge on any atom is -0.473 e. The van der Waals surface area contributed by atoms with Gasteiger partial charge in [-0.15, -0.1) is 11.8 Å². The Kier molecular flexibility index (Phi) is 6.67. The third-order valence-corrected chi connectivity index (χ3v) is 4.63. The Morgan fingerprint density at radius 3 is 2.67 bits per heavy atom. The van der Waals surface area contributed by atoms with Crippen LogP contribution in [0, 0.1) is 6.92 Å². The topological polar surface area (TPSA) is 37.7 Å². The number of aromatic nitrogens is 1. The molecule has 4 nitrogen and oxygen atoms in total. The van der Waals surface area contributed by atoms with Crippen molar-refractivity contribution in [3.05, 3.63) is 47.7 Å². The average molecular weight is 343 g/mol. The molecule has 0 aliphatic heterocycles. The molecule has 0 spiro atoms. The van der Waals surface area contributed by atoms with Crippen molar-refractivity contribution in [2.75, 3.05) is 13.3 Å². The van der Waals surface area contributed by atoms with Crippen LogP contribution in [0.15, 0.2) is 46.3 Å². The third kappa shape index (κ3) is 4.99. The van der Waals surface area contributed by atoms with Gasteiger partial charge in [-0.25, -0.2) is 9.98 Å². The normalized spacial score (nSPS) is 11.2. The van der Waals surface area contributed by atoms with Crippen LogP contribution in [-0.4, -0.2) is 35.6 Å². The zero-order valence-corrected chi connectivity index (χ0v) is 15.8. The summed E-state index contributed by atoms with van der Waals surface area (Å²) in [5.41, 5.74) is 2.89. The Hall–Kier alpha value is -2.01. The number of hydrogen-bond donors (Lipinski definition) is 0. The molecule has 0 fully saturated rings. The molecule has 0 saturated heterocycles. The summed E-state index contributed by atoms with van der Waals surface area (Å²) in [6.07, 6.45) is 3.91. The second-order valence-electron chi connectivity index (χ2n) is 5.86. The number of nitrogens with zero attached hydrogens (tertiary/aromatic N) is 3. The van der Waals surface area contributed by atoms with Gasteiger partial charge in [0.25, 0.3) is 0 Å². The summed E-state index contributed by atoms with van der Waals surface area (Å²) in [5.74, 6) is 0.625. The highest BCUT2D eigenvalue weighted by atomic mass is 32.2. The molecule has 1 aromatic heterocycles. The lowest BCUT2D eigenvalue weighted by atomic mass is 10.2. The third-order valence-electron chi connectivity index (χ3n) is 3.79. The van der Waals surface area contributed by atoms with Gasteiger partial charge < -0.3 is 9.64 Å². The van der Waals surface area contributed by atoms with Gasteiger partial charge in [0.05, 0.1) is 17.7 Å². The van der Waals surface area contributed by atoms with Crippen LogP contribution in [0.4, 0.5) is 5.69 Å². The predicted octanol–water partition coefficient (Wildman–Crippen LogP) is 4.69. The van der Waals surface area contributed by atoms with Gasteiger partial charge in [-0.1, -0.05) is 18.2 Å². The van der Waals surface area contributed by atoms with Crippen molar-refractivity contribution < 1.29 is 4.74 Å². The molecule has 0 bridgehead atoms. The number of aliphatic imine (C=N–C) groups is 1. The smallest absolute Gasteiger partial charge is 0.213 e. The highest BCUT2D eigenvalue weighted by Gasteiger charge is 2.05. The molecule has 0 aliphatic rings. The van der Waals surface area contributed by atoms with Crippen LogP contribution in [0.2, 0.25) is 0 Å². The fourth-order valence-electron chi connectivity index (χ4n) is 2.01. The van der Waals surface area contributed by atoms with Crippen molar-refractivity contribution in [1.29, 1.82) is 0 Å². The highest BCUT2D eigenvalue weighted by Crippen LogP contribution is 2.23. The van der Waals surface area contributed by atoms with E-state index in [1.165, 1.54) is 10.5 Å². The van der Waals surface area contributed by atoms with Crippen molar-refractivity contribution in [3.63, 3.8) is 0 Å². The predicted molar refractivity (Wildman–Crippen MR) is 103 cm³/mol. The van der Waals surface area contributed by atoms with Gasteiger partial charge in [-0.2, -0.15) is 0 Å². The summed E-state index contributed by atoms with van der Waals surface area (Å²) < 4.78 is 5.85. The fourth-order valence-corrected chi connectivity index (χ4v) is 2.61. The number of thioether (sulfide) groups is 1. The van der Waals surface area contributed by atoms with Gasteiger partial charge in [0.15, 0.2) is 0 Å². The maximum absolute atomic E-state index is 5.85. The van der Waals surface area contributed by atoms with E-state index in [1.54, 1.807) is 11.8 Å². The van der Waals surface area contributed by atoms with E-state index in [1.807, 2.05) is 44.6 Å². The molecule has 0 unspecified atom stereocenters. The van der Waals surface area contributed by atoms with Gasteiger partial charge in [0.2, 0.25) is 5.88 Å². The Labute approximate surface area is 149 Å². The van der Waals surface area contributed by atoms with Crippen molar-refractivity contribution >= 4 is 23.8 Å². The largest absolute Gasteiger partial charge is 0.473 e. The summed E-state index contributed by atoms with van der Waals surface area (Å²) in [6, 6.07) is 12.5. The number of benzene rings is 1. The van der Waals surface area contributed by atoms with Crippen molar-refractivity contribution in [2.45, 2.75) is 38.3 Å². The van der Waals surface area contributed by atoms with E-state index in [4.69, 9.17) is 4.74 Å². The Morgan fingerprint density at radius 1 is 1.25 bits per heavy atom. The first-order valence-electron chi connectivity index (χ1n) is 7.99. The lowest BCUT2D eigenvalue weighted by Crippen LogP contribution is -2.24. The zero-order valence-electron chi connectivity index (χ0n) is 15.0. The molecule has 0 saturated carbocycles. The van der Waals surface area contributed by atoms with Crippen LogP contribution in [0.3, 0.4) is 0 Å². The molecule has 2 aromatic rings. The molecule has 0 N–H and O–H groups in total. The van der Waals surface area contributed by atoms with Crippen molar-refractivity contribution in [2.24, 2.45) is 4.99 Å². The minimum atomic E-state index is 0.418. The summed E-state index contributed by atoms with van der Waals surface area (Å²) >= 11 is 1.72. The number of hydrogen-bond acceptors (Lipinski definition) is 4. The molecule has 0 aliphatic carbocycles. The molecule has 0 radical (unpaired) electrons. The number of pyridine rings is 1. The second kappa shape index (κ2) is 8.73. The van der Waals surface area contributed by atoms with Crippen LogP contribution in [0.1, 0.15) is 25.1 Å². The maximum atomic E-state index is 5.85. The monoisotopic (exact) mass is 343 g/mol. The fraction of sp³-hybridized carbons (Fsp3) is 0.368. The van der Waals surface area contributed by atoms with Gasteiger partial charge in [-0.05, 0) is 39.2 Å². The quantitative estimate of drug-likeness (QED) is 0.415. The molecule has 24 heavy (non-hydrogen) atoms. The molecular formula is C19H25N3OS. The molecular weight excluding hydrogens is 318 g/mol. The Bertz CT molecular complexity index is 701. The SMILES string of the molecule is CSc1ccccc1COc1ccc(N=CN(C)C(C)C)c(C)n1. The van der Waals surface area contributed by atoms with E-state index >= 15 is 0 Å². The highest BCUT2D eigenvalue weighted by molar-refractivity contribution is 7.98. The minimum absolute atomic E-state index is 0.418. The van der Waals surface area contributed by atoms with Crippen LogP contribution in [0.5, 0.6) is 5.88 Å². The maximum Gasteiger partial charge on any atom is 0.213 e. The molecule has 0 amide bonds. The first-order chi connectivity index (χ1) is 11.5. The average Bonchev–Trinajstić information content (AvgIpc) is 2.58. The Morgan fingerprint density at radius 2 is 2.00 bits per heavy atom. The number of aryl methyl sites for hydroxylation is 1. The van der Waals surface area contributed by atoms with Crippen LogP contribution in [0.25, 0.3) is 0 Å². The van der Waals surface area contributed by atoms with E-state index in [0.29, 0.717) is 18.5 Å². The summed E-state index contributed by atoms with van der Waals surface area (Å²) in [5, 5.41) is 0. The molecule has 5 heteroatoms. The lowest BCUT2D eigenvalue weighted by molar-refractivity contribution is 0.290. The van der Waals surface area contributed by atoms with E-state index < -0.39 is 0 Å². The van der Waals surface area contributed by atoms with E-state index in [2.05, 4.69) is 47.1 Å². The second-order valence-corrected chi connectivity index (χ2v) is 6.71. The van der Waals surface area contributed by atoms with Crippen molar-refractivity contribution in [1.82, 2.24) is 9.88 Å². The van der Waals surface area contributed by atoms with Gasteiger partial charge in [0.1, 0.15) is 6.61 Å². The lowest BCUT2D eigenvalue weighted by Gasteiger charge is -2.17. The Balaban J connectivity index is 2.04. The summed E-state index contributed by atoms with van der Waals surface area (Å²) in [6.45, 7) is 6.72. The number of ether oxygens (including phenoxy) is 1. The first kappa shape index (κ1) is 18.3. The van der Waals surface area contributed by atoms with Gasteiger partial charge in [-0.3, -0.25) is 0 Å². The summed E-state index contributed by atoms with van der Waals surface area (Å²) in [7, 11) is 2.01. The van der Waals surface area contributed by atoms with Crippen LogP contribution >= 0.6 is 11.8 Å². The van der Waals surface area contributed by atoms with E-state index in [9.17, 15) is 0 Å². The summed E-state index contributed by atoms with van der Waals surface area (Å²) in [4.78, 5) is 12.3. The van der Waals surface area contributed by atoms with Crippen LogP contribution < -0.4 is 4.74 Å². The van der Waals surface area contributed by atoms with Gasteiger partial charge >= 0.3 is 0 Å². The molecule has 2 rings (SSSR count). The van der Waals surface area contributed by atoms with Gasteiger partial charge in [0, 0.05) is 29.6 Å². The molecule has 1 heterocycles. The van der Waals surface area contributed by atoms with Crippen molar-refractivity contribution in [3.8, 4) is 5.88 Å². The zero-order chi connectivity index (χ0) is 17.5.